The van der Waals surface area contributed by atoms with Crippen molar-refractivity contribution < 1.29 is 13.2 Å². The smallest absolute Gasteiger partial charge is 0.244 e. The van der Waals surface area contributed by atoms with Crippen molar-refractivity contribution in [3.8, 4) is 0 Å². The molecule has 7 nitrogen and oxygen atoms in total. The molecule has 1 saturated heterocycles. The predicted molar refractivity (Wildman–Crippen MR) is 71.2 cm³/mol. The molecular weight excluding hydrogens is 292 g/mol. The number of nitrogens with two attached hydrogens (primary N) is 1. The fourth-order valence-corrected chi connectivity index (χ4v) is 3.67. The lowest BCUT2D eigenvalue weighted by Crippen LogP contribution is -2.30. The zero-order chi connectivity index (χ0) is 14.0. The van der Waals surface area contributed by atoms with Crippen molar-refractivity contribution >= 4 is 27.4 Å². The first-order chi connectivity index (χ1) is 8.98. The lowest BCUT2D eigenvalue weighted by Gasteiger charge is -2.16. The molecule has 2 rings (SSSR count). The third kappa shape index (κ3) is 2.82. The third-order valence-electron chi connectivity index (χ3n) is 3.03. The Balaban J connectivity index is 2.27. The zero-order valence-corrected chi connectivity index (χ0v) is 11.9. The van der Waals surface area contributed by atoms with Crippen LogP contribution < -0.4 is 11.3 Å². The molecule has 1 aliphatic rings. The van der Waals surface area contributed by atoms with Crippen molar-refractivity contribution in [1.82, 2.24) is 9.29 Å². The molecule has 19 heavy (non-hydrogen) atoms. The fourth-order valence-electron chi connectivity index (χ4n) is 1.93. The van der Waals surface area contributed by atoms with Crippen molar-refractivity contribution in [3.63, 3.8) is 0 Å². The van der Waals surface area contributed by atoms with Crippen molar-refractivity contribution in [2.24, 2.45) is 5.84 Å². The van der Waals surface area contributed by atoms with E-state index in [2.05, 4.69) is 10.4 Å². The lowest BCUT2D eigenvalue weighted by atomic mass is 10.3. The highest BCUT2D eigenvalue weighted by Crippen LogP contribution is 2.26. The van der Waals surface area contributed by atoms with Crippen molar-refractivity contribution in [2.75, 3.05) is 25.6 Å². The number of pyridine rings is 1. The van der Waals surface area contributed by atoms with E-state index in [4.69, 9.17) is 22.2 Å². The molecule has 1 fully saturated rings. The maximum Gasteiger partial charge on any atom is 0.244 e. The summed E-state index contributed by atoms with van der Waals surface area (Å²) >= 11 is 5.89. The monoisotopic (exact) mass is 306 g/mol. The van der Waals surface area contributed by atoms with Gasteiger partial charge < -0.3 is 10.2 Å². The predicted octanol–water partition coefficient (Wildman–Crippen LogP) is 0.430. The first-order valence-corrected chi connectivity index (χ1v) is 7.46. The van der Waals surface area contributed by atoms with Gasteiger partial charge in [-0.2, -0.15) is 4.31 Å². The van der Waals surface area contributed by atoms with Gasteiger partial charge in [-0.15, -0.1) is 0 Å². The quantitative estimate of drug-likeness (QED) is 0.618. The summed E-state index contributed by atoms with van der Waals surface area (Å²) < 4.78 is 31.3. The standard InChI is InChI=1S/C10H15ClN4O3S/c1-18-7-2-3-15(6-7)19(16,17)8-4-9(11)10(14-12)13-5-8/h4-5,7H,2-3,6,12H2,1H3,(H,13,14). The number of nitrogen functional groups attached to an aromatic ring is 1. The first kappa shape index (κ1) is 14.5. The van der Waals surface area contributed by atoms with Gasteiger partial charge in [-0.05, 0) is 12.5 Å². The number of nitrogens with one attached hydrogen (secondary N) is 1. The average molecular weight is 307 g/mol. The van der Waals surface area contributed by atoms with E-state index in [1.807, 2.05) is 0 Å². The summed E-state index contributed by atoms with van der Waals surface area (Å²) in [5.74, 6) is 5.43. The van der Waals surface area contributed by atoms with E-state index in [9.17, 15) is 8.42 Å². The number of nitrogens with zero attached hydrogens (tertiary/aromatic N) is 2. The van der Waals surface area contributed by atoms with E-state index < -0.39 is 10.0 Å². The Morgan fingerprint density at radius 2 is 2.37 bits per heavy atom. The number of sulfonamides is 1. The number of anilines is 1. The third-order valence-corrected chi connectivity index (χ3v) is 5.15. The molecule has 0 aliphatic carbocycles. The van der Waals surface area contributed by atoms with Crippen LogP contribution in [-0.2, 0) is 14.8 Å². The highest BCUT2D eigenvalue weighted by atomic mass is 35.5. The van der Waals surface area contributed by atoms with Crippen LogP contribution in [0.2, 0.25) is 5.02 Å². The average Bonchev–Trinajstić information content (AvgIpc) is 2.88. The van der Waals surface area contributed by atoms with Gasteiger partial charge in [0.15, 0.2) is 5.82 Å². The van der Waals surface area contributed by atoms with Crippen molar-refractivity contribution in [3.05, 3.63) is 17.3 Å². The molecule has 2 heterocycles. The molecule has 106 valence electrons. The summed E-state index contributed by atoms with van der Waals surface area (Å²) in [5.41, 5.74) is 2.29. The van der Waals surface area contributed by atoms with E-state index in [-0.39, 0.29) is 21.8 Å². The number of rotatable bonds is 4. The number of hydrazine groups is 1. The van der Waals surface area contributed by atoms with Crippen LogP contribution in [0.3, 0.4) is 0 Å². The van der Waals surface area contributed by atoms with Crippen molar-refractivity contribution in [2.45, 2.75) is 17.4 Å². The Hall–Kier alpha value is -0.930. The topological polar surface area (TPSA) is 97.5 Å². The van der Waals surface area contributed by atoms with Gasteiger partial charge in [0.1, 0.15) is 4.90 Å². The van der Waals surface area contributed by atoms with Gasteiger partial charge in [0, 0.05) is 26.4 Å². The van der Waals surface area contributed by atoms with Gasteiger partial charge >= 0.3 is 0 Å². The highest BCUT2D eigenvalue weighted by molar-refractivity contribution is 7.89. The molecule has 1 atom stereocenters. The van der Waals surface area contributed by atoms with E-state index in [1.165, 1.54) is 16.6 Å². The van der Waals surface area contributed by atoms with E-state index >= 15 is 0 Å². The maximum atomic E-state index is 12.4. The lowest BCUT2D eigenvalue weighted by molar-refractivity contribution is 0.115. The molecule has 0 amide bonds. The number of halogens is 1. The molecule has 0 spiro atoms. The largest absolute Gasteiger partial charge is 0.380 e. The van der Waals surface area contributed by atoms with Crippen LogP contribution in [-0.4, -0.2) is 44.0 Å². The molecular formula is C10H15ClN4O3S. The van der Waals surface area contributed by atoms with E-state index in [0.717, 1.165) is 0 Å². The van der Waals surface area contributed by atoms with Gasteiger partial charge in [-0.3, -0.25) is 0 Å². The molecule has 1 aromatic heterocycles. The number of methoxy groups -OCH3 is 1. The summed E-state index contributed by atoms with van der Waals surface area (Å²) in [5, 5.41) is 0.158. The molecule has 1 unspecified atom stereocenters. The van der Waals surface area contributed by atoms with Gasteiger partial charge in [-0.25, -0.2) is 19.2 Å². The van der Waals surface area contributed by atoms with Crippen LogP contribution in [0.1, 0.15) is 6.42 Å². The van der Waals surface area contributed by atoms with Crippen LogP contribution in [0.25, 0.3) is 0 Å². The summed E-state index contributed by atoms with van der Waals surface area (Å²) in [6.07, 6.45) is 1.85. The normalized spacial score (nSPS) is 20.7. The van der Waals surface area contributed by atoms with E-state index in [1.54, 1.807) is 7.11 Å². The Labute approximate surface area is 116 Å². The molecule has 0 bridgehead atoms. The number of hydrogen-bond donors (Lipinski definition) is 2. The summed E-state index contributed by atoms with van der Waals surface area (Å²) in [4.78, 5) is 3.92. The Morgan fingerprint density at radius 1 is 1.63 bits per heavy atom. The molecule has 0 radical (unpaired) electrons. The van der Waals surface area contributed by atoms with Crippen LogP contribution in [0, 0.1) is 0 Å². The minimum Gasteiger partial charge on any atom is -0.380 e. The summed E-state index contributed by atoms with van der Waals surface area (Å²) in [7, 11) is -2.02. The maximum absolute atomic E-state index is 12.4. The minimum absolute atomic E-state index is 0.0493. The highest BCUT2D eigenvalue weighted by Gasteiger charge is 2.33. The molecule has 1 aliphatic heterocycles. The van der Waals surface area contributed by atoms with Gasteiger partial charge in [0.2, 0.25) is 10.0 Å². The Morgan fingerprint density at radius 3 is 2.89 bits per heavy atom. The van der Waals surface area contributed by atoms with Gasteiger partial charge in [0.25, 0.3) is 0 Å². The minimum atomic E-state index is -3.59. The van der Waals surface area contributed by atoms with Crippen molar-refractivity contribution in [1.29, 1.82) is 0 Å². The Kier molecular flexibility index (Phi) is 4.26. The second-order valence-electron chi connectivity index (χ2n) is 4.16. The van der Waals surface area contributed by atoms with Gasteiger partial charge in [-0.1, -0.05) is 11.6 Å². The Bertz CT molecular complexity index is 566. The zero-order valence-electron chi connectivity index (χ0n) is 10.3. The van der Waals surface area contributed by atoms with E-state index in [0.29, 0.717) is 19.5 Å². The van der Waals surface area contributed by atoms with Crippen LogP contribution in [0.4, 0.5) is 5.82 Å². The van der Waals surface area contributed by atoms with Crippen LogP contribution >= 0.6 is 11.6 Å². The second-order valence-corrected chi connectivity index (χ2v) is 6.50. The number of aromatic nitrogens is 1. The number of ether oxygens (including phenoxy) is 1. The second kappa shape index (κ2) is 5.59. The SMILES string of the molecule is COC1CCN(S(=O)(=O)c2cnc(NN)c(Cl)c2)C1. The van der Waals surface area contributed by atoms with Crippen LogP contribution in [0.5, 0.6) is 0 Å². The molecule has 9 heteroatoms. The molecule has 0 aromatic carbocycles. The number of hydrogen-bond acceptors (Lipinski definition) is 6. The summed E-state index contributed by atoms with van der Waals surface area (Å²) in [6.45, 7) is 0.767. The van der Waals surface area contributed by atoms with Crippen LogP contribution in [0.15, 0.2) is 17.2 Å². The fraction of sp³-hybridized carbons (Fsp3) is 0.500. The summed E-state index contributed by atoms with van der Waals surface area (Å²) in [6, 6.07) is 1.33. The first-order valence-electron chi connectivity index (χ1n) is 5.64. The molecule has 0 saturated carbocycles. The molecule has 1 aromatic rings. The van der Waals surface area contributed by atoms with Gasteiger partial charge in [0.05, 0.1) is 11.1 Å². The molecule has 3 N–H and O–H groups in total.